The van der Waals surface area contributed by atoms with Crippen LogP contribution in [0.4, 0.5) is 0 Å². The van der Waals surface area contributed by atoms with Crippen LogP contribution in [0.15, 0.2) is 42.7 Å². The fraction of sp³-hybridized carbons (Fsp3) is 0.348. The van der Waals surface area contributed by atoms with Crippen LogP contribution in [-0.2, 0) is 17.8 Å². The van der Waals surface area contributed by atoms with Crippen LogP contribution in [0.25, 0.3) is 0 Å². The number of amides is 1. The van der Waals surface area contributed by atoms with Crippen LogP contribution in [-0.4, -0.2) is 44.7 Å². The number of carbonyl (C=O) groups is 2. The minimum atomic E-state index is -0.417. The second-order valence-electron chi connectivity index (χ2n) is 7.77. The van der Waals surface area contributed by atoms with E-state index in [1.807, 2.05) is 29.1 Å². The molecule has 30 heavy (non-hydrogen) atoms. The number of rotatable bonds is 7. The van der Waals surface area contributed by atoms with Crippen molar-refractivity contribution in [1.82, 2.24) is 19.7 Å². The van der Waals surface area contributed by atoms with Crippen LogP contribution in [0.5, 0.6) is 0 Å². The van der Waals surface area contributed by atoms with E-state index < -0.39 is 5.97 Å². The van der Waals surface area contributed by atoms with Crippen molar-refractivity contribution < 1.29 is 14.3 Å². The summed E-state index contributed by atoms with van der Waals surface area (Å²) in [6.45, 7) is 8.22. The van der Waals surface area contributed by atoms with Gasteiger partial charge in [0.25, 0.3) is 5.91 Å². The van der Waals surface area contributed by atoms with Gasteiger partial charge in [0.15, 0.2) is 0 Å². The molecule has 0 spiro atoms. The molecule has 1 N–H and O–H groups in total. The molecule has 1 aromatic carbocycles. The smallest absolute Gasteiger partial charge is 0.340 e. The maximum atomic E-state index is 13.0. The van der Waals surface area contributed by atoms with E-state index in [9.17, 15) is 9.59 Å². The first-order valence-corrected chi connectivity index (χ1v) is 9.97. The summed E-state index contributed by atoms with van der Waals surface area (Å²) in [4.78, 5) is 30.0. The molecule has 7 nitrogen and oxygen atoms in total. The summed E-state index contributed by atoms with van der Waals surface area (Å²) >= 11 is 0. The molecule has 0 bridgehead atoms. The summed E-state index contributed by atoms with van der Waals surface area (Å²) in [6, 6.07) is 10.1. The van der Waals surface area contributed by atoms with E-state index in [0.717, 1.165) is 11.1 Å². The SMILES string of the molecule is Cc1[nH]c(C(=O)N(C)Cc2cnn(Cc3ccccc3)c2)c(C)c1C(=O)OC(C)C. The first-order chi connectivity index (χ1) is 14.3. The summed E-state index contributed by atoms with van der Waals surface area (Å²) in [5.74, 6) is -0.602. The molecule has 0 aliphatic carbocycles. The number of hydrogen-bond donors (Lipinski definition) is 1. The third-order valence-electron chi connectivity index (χ3n) is 4.84. The van der Waals surface area contributed by atoms with Crippen LogP contribution >= 0.6 is 0 Å². The molecule has 3 rings (SSSR count). The van der Waals surface area contributed by atoms with Gasteiger partial charge in [-0.2, -0.15) is 5.10 Å². The van der Waals surface area contributed by atoms with Crippen molar-refractivity contribution >= 4 is 11.9 Å². The highest BCUT2D eigenvalue weighted by atomic mass is 16.5. The van der Waals surface area contributed by atoms with Gasteiger partial charge in [-0.05, 0) is 38.8 Å². The zero-order chi connectivity index (χ0) is 21.8. The first kappa shape index (κ1) is 21.4. The van der Waals surface area contributed by atoms with Gasteiger partial charge < -0.3 is 14.6 Å². The molecule has 0 unspecified atom stereocenters. The lowest BCUT2D eigenvalue weighted by Gasteiger charge is -2.16. The average Bonchev–Trinajstić information content (AvgIpc) is 3.24. The van der Waals surface area contributed by atoms with Crippen molar-refractivity contribution in [2.75, 3.05) is 7.05 Å². The normalized spacial score (nSPS) is 11.0. The van der Waals surface area contributed by atoms with Gasteiger partial charge in [0.05, 0.1) is 24.4 Å². The number of ether oxygens (including phenoxy) is 1. The molecule has 0 aliphatic heterocycles. The third-order valence-corrected chi connectivity index (χ3v) is 4.84. The Hall–Kier alpha value is -3.35. The van der Waals surface area contributed by atoms with E-state index in [2.05, 4.69) is 22.2 Å². The van der Waals surface area contributed by atoms with Crippen molar-refractivity contribution in [1.29, 1.82) is 0 Å². The van der Waals surface area contributed by atoms with Crippen molar-refractivity contribution in [2.45, 2.75) is 46.9 Å². The Kier molecular flexibility index (Phi) is 6.40. The van der Waals surface area contributed by atoms with E-state index in [1.165, 1.54) is 0 Å². The molecule has 0 saturated carbocycles. The Bertz CT molecular complexity index is 1030. The quantitative estimate of drug-likeness (QED) is 0.604. The molecule has 0 fully saturated rings. The molecule has 0 aliphatic rings. The van der Waals surface area contributed by atoms with Gasteiger partial charge in [-0.3, -0.25) is 9.48 Å². The summed E-state index contributed by atoms with van der Waals surface area (Å²) in [5, 5.41) is 4.39. The minimum Gasteiger partial charge on any atom is -0.459 e. The molecule has 7 heteroatoms. The number of nitrogens with zero attached hydrogens (tertiary/aromatic N) is 3. The Morgan fingerprint density at radius 1 is 1.17 bits per heavy atom. The number of benzene rings is 1. The van der Waals surface area contributed by atoms with Crippen molar-refractivity contribution in [3.05, 3.63) is 76.4 Å². The predicted octanol–water partition coefficient (Wildman–Crippen LogP) is 3.71. The van der Waals surface area contributed by atoms with Crippen LogP contribution in [0.3, 0.4) is 0 Å². The zero-order valence-corrected chi connectivity index (χ0v) is 18.1. The van der Waals surface area contributed by atoms with Crippen molar-refractivity contribution in [3.63, 3.8) is 0 Å². The van der Waals surface area contributed by atoms with Gasteiger partial charge >= 0.3 is 5.97 Å². The van der Waals surface area contributed by atoms with Gasteiger partial charge in [-0.25, -0.2) is 4.79 Å². The topological polar surface area (TPSA) is 80.2 Å². The third kappa shape index (κ3) is 4.79. The first-order valence-electron chi connectivity index (χ1n) is 9.97. The fourth-order valence-corrected chi connectivity index (χ4v) is 3.42. The highest BCUT2D eigenvalue weighted by Gasteiger charge is 2.25. The summed E-state index contributed by atoms with van der Waals surface area (Å²) in [6.07, 6.45) is 3.49. The minimum absolute atomic E-state index is 0.185. The maximum Gasteiger partial charge on any atom is 0.340 e. The Balaban J connectivity index is 1.70. The monoisotopic (exact) mass is 408 g/mol. The molecule has 3 aromatic rings. The van der Waals surface area contributed by atoms with Gasteiger partial charge in [0.2, 0.25) is 0 Å². The second-order valence-corrected chi connectivity index (χ2v) is 7.77. The molecule has 158 valence electrons. The van der Waals surface area contributed by atoms with E-state index in [1.54, 1.807) is 45.8 Å². The molecule has 0 saturated heterocycles. The summed E-state index contributed by atoms with van der Waals surface area (Å²) in [7, 11) is 1.73. The number of nitrogens with one attached hydrogen (secondary N) is 1. The predicted molar refractivity (Wildman–Crippen MR) is 114 cm³/mol. The lowest BCUT2D eigenvalue weighted by atomic mass is 10.1. The number of aryl methyl sites for hydroxylation is 1. The highest BCUT2D eigenvalue weighted by molar-refractivity contribution is 6.00. The molecule has 2 aromatic heterocycles. The Morgan fingerprint density at radius 2 is 1.87 bits per heavy atom. The van der Waals surface area contributed by atoms with E-state index >= 15 is 0 Å². The Morgan fingerprint density at radius 3 is 2.53 bits per heavy atom. The molecule has 2 heterocycles. The molecular weight excluding hydrogens is 380 g/mol. The summed E-state index contributed by atoms with van der Waals surface area (Å²) < 4.78 is 7.16. The van der Waals surface area contributed by atoms with E-state index in [0.29, 0.717) is 35.6 Å². The van der Waals surface area contributed by atoms with Crippen LogP contribution in [0.2, 0.25) is 0 Å². The van der Waals surface area contributed by atoms with Crippen LogP contribution in [0, 0.1) is 13.8 Å². The van der Waals surface area contributed by atoms with Gasteiger partial charge in [0.1, 0.15) is 5.69 Å². The largest absolute Gasteiger partial charge is 0.459 e. The molecular formula is C23H28N4O3. The van der Waals surface area contributed by atoms with Crippen LogP contribution in [0.1, 0.15) is 57.1 Å². The molecule has 0 radical (unpaired) electrons. The van der Waals surface area contributed by atoms with Crippen molar-refractivity contribution in [3.8, 4) is 0 Å². The summed E-state index contributed by atoms with van der Waals surface area (Å²) in [5.41, 5.74) is 4.16. The van der Waals surface area contributed by atoms with E-state index in [4.69, 9.17) is 4.74 Å². The molecule has 0 atom stereocenters. The fourth-order valence-electron chi connectivity index (χ4n) is 3.42. The lowest BCUT2D eigenvalue weighted by molar-refractivity contribution is 0.0376. The van der Waals surface area contributed by atoms with Crippen molar-refractivity contribution in [2.24, 2.45) is 0 Å². The van der Waals surface area contributed by atoms with E-state index in [-0.39, 0.29) is 12.0 Å². The Labute approximate surface area is 176 Å². The number of H-pyrrole nitrogens is 1. The highest BCUT2D eigenvalue weighted by Crippen LogP contribution is 2.21. The average molecular weight is 409 g/mol. The number of aromatic amines is 1. The van der Waals surface area contributed by atoms with Crippen LogP contribution < -0.4 is 0 Å². The zero-order valence-electron chi connectivity index (χ0n) is 18.1. The number of carbonyl (C=O) groups excluding carboxylic acids is 2. The maximum absolute atomic E-state index is 13.0. The number of aromatic nitrogens is 3. The second kappa shape index (κ2) is 8.98. The number of esters is 1. The van der Waals surface area contributed by atoms with Gasteiger partial charge in [-0.15, -0.1) is 0 Å². The number of hydrogen-bond acceptors (Lipinski definition) is 4. The standard InChI is InChI=1S/C23H28N4O3/c1-15(2)30-23(29)20-16(3)21(25-17(20)4)22(28)26(5)12-19-11-24-27(14-19)13-18-9-7-6-8-10-18/h6-11,14-15,25H,12-13H2,1-5H3. The molecule has 1 amide bonds. The van der Waals surface area contributed by atoms with Gasteiger partial charge in [-0.1, -0.05) is 30.3 Å². The van der Waals surface area contributed by atoms with Gasteiger partial charge in [0, 0.05) is 31.0 Å². The lowest BCUT2D eigenvalue weighted by Crippen LogP contribution is -2.27.